The summed E-state index contributed by atoms with van der Waals surface area (Å²) in [7, 11) is 1.82. The first-order chi connectivity index (χ1) is 16.2. The molecule has 5 rings (SSSR count). The summed E-state index contributed by atoms with van der Waals surface area (Å²) in [5, 5.41) is 9.35. The van der Waals surface area contributed by atoms with Crippen molar-refractivity contribution < 1.29 is 9.53 Å². The third-order valence-corrected chi connectivity index (χ3v) is 7.21. The molecule has 2 fully saturated rings. The second kappa shape index (κ2) is 8.12. The molecule has 0 radical (unpaired) electrons. The lowest BCUT2D eigenvalue weighted by molar-refractivity contribution is 0.0238. The number of nitriles is 1. The van der Waals surface area contributed by atoms with E-state index in [9.17, 15) is 10.1 Å². The monoisotopic (exact) mass is 461 g/mol. The summed E-state index contributed by atoms with van der Waals surface area (Å²) >= 11 is 0. The van der Waals surface area contributed by atoms with Crippen LogP contribution in [0.3, 0.4) is 0 Å². The van der Waals surface area contributed by atoms with Crippen LogP contribution in [0, 0.1) is 11.3 Å². The Morgan fingerprint density at radius 3 is 2.71 bits per heavy atom. The van der Waals surface area contributed by atoms with Crippen molar-refractivity contribution in [2.45, 2.75) is 63.5 Å². The minimum Gasteiger partial charge on any atom is -0.444 e. The van der Waals surface area contributed by atoms with Crippen LogP contribution in [0.5, 0.6) is 0 Å². The van der Waals surface area contributed by atoms with Gasteiger partial charge in [0, 0.05) is 43.9 Å². The molecule has 1 amide bonds. The Morgan fingerprint density at radius 1 is 1.26 bits per heavy atom. The topological polar surface area (TPSA) is 98.5 Å². The van der Waals surface area contributed by atoms with Crippen molar-refractivity contribution in [2.75, 3.05) is 36.5 Å². The number of likely N-dealkylation sites (N-methyl/N-ethyl adjacent to an activating group) is 1. The zero-order valence-electron chi connectivity index (χ0n) is 20.3. The highest BCUT2D eigenvalue weighted by Crippen LogP contribution is 2.56. The first-order valence-electron chi connectivity index (χ1n) is 11.9. The van der Waals surface area contributed by atoms with E-state index in [1.165, 1.54) is 12.0 Å². The number of carbonyl (C=O) groups excluding carboxylic acids is 1. The van der Waals surface area contributed by atoms with E-state index in [-0.39, 0.29) is 17.6 Å². The van der Waals surface area contributed by atoms with Crippen LogP contribution in [0.2, 0.25) is 0 Å². The van der Waals surface area contributed by atoms with E-state index in [1.54, 1.807) is 23.5 Å². The van der Waals surface area contributed by atoms with Gasteiger partial charge in [0.05, 0.1) is 17.7 Å². The number of ether oxygens (including phenoxy) is 1. The summed E-state index contributed by atoms with van der Waals surface area (Å²) in [5.41, 5.74) is 1.26. The average Bonchev–Trinajstić information content (AvgIpc) is 3.41. The molecule has 1 atom stereocenters. The van der Waals surface area contributed by atoms with Gasteiger partial charge in [-0.15, -0.1) is 0 Å². The molecule has 1 unspecified atom stereocenters. The van der Waals surface area contributed by atoms with Crippen molar-refractivity contribution in [1.29, 1.82) is 5.26 Å². The van der Waals surface area contributed by atoms with Crippen molar-refractivity contribution in [3.8, 4) is 6.07 Å². The zero-order chi connectivity index (χ0) is 24.1. The molecule has 0 aromatic carbocycles. The average molecular weight is 462 g/mol. The van der Waals surface area contributed by atoms with E-state index < -0.39 is 5.60 Å². The van der Waals surface area contributed by atoms with Gasteiger partial charge in [-0.3, -0.25) is 0 Å². The largest absolute Gasteiger partial charge is 0.444 e. The number of hydrogen-bond acceptors (Lipinski definition) is 8. The van der Waals surface area contributed by atoms with Crippen LogP contribution < -0.4 is 9.80 Å². The molecule has 9 heteroatoms. The second-order valence-corrected chi connectivity index (χ2v) is 10.6. The van der Waals surface area contributed by atoms with Crippen LogP contribution >= 0.6 is 0 Å². The number of aromatic nitrogens is 3. The number of hydrogen-bond donors (Lipinski definition) is 0. The van der Waals surface area contributed by atoms with Gasteiger partial charge in [0.2, 0.25) is 0 Å². The van der Waals surface area contributed by atoms with Gasteiger partial charge in [-0.1, -0.05) is 6.42 Å². The summed E-state index contributed by atoms with van der Waals surface area (Å²) in [5.74, 6) is 2.60. The number of pyridine rings is 1. The number of carbonyl (C=O) groups is 1. The van der Waals surface area contributed by atoms with Gasteiger partial charge < -0.3 is 19.4 Å². The smallest absolute Gasteiger partial charge is 0.410 e. The van der Waals surface area contributed by atoms with E-state index in [0.29, 0.717) is 12.1 Å². The summed E-state index contributed by atoms with van der Waals surface area (Å²) in [6.07, 6.45) is 7.22. The Hall–Kier alpha value is -3.41. The molecule has 3 aliphatic rings. The zero-order valence-corrected chi connectivity index (χ0v) is 20.3. The van der Waals surface area contributed by atoms with E-state index in [1.807, 2.05) is 33.9 Å². The number of rotatable bonds is 3. The highest BCUT2D eigenvalue weighted by molar-refractivity contribution is 5.75. The van der Waals surface area contributed by atoms with Crippen LogP contribution in [-0.2, 0) is 10.2 Å². The number of amides is 1. The van der Waals surface area contributed by atoms with Gasteiger partial charge in [-0.05, 0) is 52.2 Å². The molecule has 2 aromatic rings. The quantitative estimate of drug-likeness (QED) is 0.681. The standard InChI is InChI=1S/C25H31N7O2/c1-24(2,3)34-23(33)30(4)18-7-11-31(14-18)21-20-22(29-16-28-21)32(15-25(20)8-5-9-25)19-12-17(13-26)6-10-27-19/h6,10,12,16,18H,5,7-9,11,14-15H2,1-4H3. The highest BCUT2D eigenvalue weighted by atomic mass is 16.6. The number of fused-ring (bicyclic) bond motifs is 2. The maximum atomic E-state index is 12.6. The molecule has 0 N–H and O–H groups in total. The summed E-state index contributed by atoms with van der Waals surface area (Å²) < 4.78 is 5.57. The molecular weight excluding hydrogens is 430 g/mol. The molecule has 1 saturated carbocycles. The van der Waals surface area contributed by atoms with Crippen molar-refractivity contribution in [3.63, 3.8) is 0 Å². The van der Waals surface area contributed by atoms with Gasteiger partial charge in [0.25, 0.3) is 0 Å². The van der Waals surface area contributed by atoms with Crippen molar-refractivity contribution in [2.24, 2.45) is 0 Å². The minimum atomic E-state index is -0.520. The van der Waals surface area contributed by atoms with Crippen molar-refractivity contribution in [3.05, 3.63) is 35.8 Å². The van der Waals surface area contributed by atoms with Crippen LogP contribution in [0.4, 0.5) is 22.2 Å². The summed E-state index contributed by atoms with van der Waals surface area (Å²) in [6.45, 7) is 7.97. The molecule has 4 heterocycles. The Morgan fingerprint density at radius 2 is 2.03 bits per heavy atom. The van der Waals surface area contributed by atoms with Gasteiger partial charge in [-0.25, -0.2) is 19.7 Å². The molecule has 34 heavy (non-hydrogen) atoms. The Labute approximate surface area is 200 Å². The molecular formula is C25H31N7O2. The van der Waals surface area contributed by atoms with E-state index in [2.05, 4.69) is 25.8 Å². The van der Waals surface area contributed by atoms with Gasteiger partial charge in [0.1, 0.15) is 29.4 Å². The maximum Gasteiger partial charge on any atom is 0.410 e. The van der Waals surface area contributed by atoms with Gasteiger partial charge in [0.15, 0.2) is 0 Å². The minimum absolute atomic E-state index is 0.00537. The lowest BCUT2D eigenvalue weighted by atomic mass is 9.66. The fourth-order valence-corrected chi connectivity index (χ4v) is 5.31. The lowest BCUT2D eigenvalue weighted by Crippen LogP contribution is -2.42. The Bertz CT molecular complexity index is 1150. The van der Waals surface area contributed by atoms with Crippen LogP contribution in [0.25, 0.3) is 0 Å². The van der Waals surface area contributed by atoms with Crippen molar-refractivity contribution >= 4 is 23.5 Å². The van der Waals surface area contributed by atoms with E-state index in [0.717, 1.165) is 49.8 Å². The van der Waals surface area contributed by atoms with Crippen molar-refractivity contribution in [1.82, 2.24) is 19.9 Å². The second-order valence-electron chi connectivity index (χ2n) is 10.6. The van der Waals surface area contributed by atoms with Crippen LogP contribution in [0.1, 0.15) is 57.6 Å². The molecule has 1 spiro atoms. The molecule has 1 aliphatic carbocycles. The number of anilines is 3. The molecule has 0 bridgehead atoms. The fourth-order valence-electron chi connectivity index (χ4n) is 5.31. The molecule has 178 valence electrons. The van der Waals surface area contributed by atoms with E-state index >= 15 is 0 Å². The Balaban J connectivity index is 1.44. The van der Waals surface area contributed by atoms with Crippen LogP contribution in [0.15, 0.2) is 24.7 Å². The molecule has 1 saturated heterocycles. The maximum absolute atomic E-state index is 12.6. The molecule has 9 nitrogen and oxygen atoms in total. The Kier molecular flexibility index (Phi) is 5.34. The fraction of sp³-hybridized carbons (Fsp3) is 0.560. The summed E-state index contributed by atoms with van der Waals surface area (Å²) in [6, 6.07) is 5.81. The predicted octanol–water partition coefficient (Wildman–Crippen LogP) is 3.76. The highest BCUT2D eigenvalue weighted by Gasteiger charge is 2.51. The first kappa shape index (κ1) is 22.4. The molecule has 2 aromatic heterocycles. The summed E-state index contributed by atoms with van der Waals surface area (Å²) in [4.78, 5) is 32.7. The first-order valence-corrected chi connectivity index (χ1v) is 11.9. The lowest BCUT2D eigenvalue weighted by Gasteiger charge is -2.40. The number of nitrogens with zero attached hydrogens (tertiary/aromatic N) is 7. The van der Waals surface area contributed by atoms with Gasteiger partial charge in [-0.2, -0.15) is 5.26 Å². The third-order valence-electron chi connectivity index (χ3n) is 7.21. The normalized spacial score (nSPS) is 20.6. The third kappa shape index (κ3) is 3.81. The van der Waals surface area contributed by atoms with Gasteiger partial charge >= 0.3 is 6.09 Å². The molecule has 2 aliphatic heterocycles. The SMILES string of the molecule is CN(C(=O)OC(C)(C)C)C1CCN(c2ncnc3c2C2(CCC2)CN3c2cc(C#N)ccn2)C1. The van der Waals surface area contributed by atoms with E-state index in [4.69, 9.17) is 9.72 Å². The van der Waals surface area contributed by atoms with Crippen LogP contribution in [-0.4, -0.2) is 64.3 Å². The predicted molar refractivity (Wildman–Crippen MR) is 128 cm³/mol.